The molecular formula is C11H12ClN3. The van der Waals surface area contributed by atoms with Crippen molar-refractivity contribution in [1.29, 1.82) is 0 Å². The van der Waals surface area contributed by atoms with Gasteiger partial charge in [-0.3, -0.25) is 0 Å². The van der Waals surface area contributed by atoms with Crippen molar-refractivity contribution >= 4 is 11.6 Å². The average molecular weight is 222 g/mol. The summed E-state index contributed by atoms with van der Waals surface area (Å²) < 4.78 is 1.99. The van der Waals surface area contributed by atoms with Crippen molar-refractivity contribution in [2.24, 2.45) is 7.05 Å². The van der Waals surface area contributed by atoms with Gasteiger partial charge >= 0.3 is 0 Å². The van der Waals surface area contributed by atoms with Crippen molar-refractivity contribution in [2.45, 2.75) is 13.8 Å². The molecule has 0 aliphatic carbocycles. The maximum atomic E-state index is 5.80. The number of hydrogen-bond donors (Lipinski definition) is 0. The van der Waals surface area contributed by atoms with Gasteiger partial charge in [-0.2, -0.15) is 0 Å². The minimum atomic E-state index is 0.518. The molecule has 0 radical (unpaired) electrons. The molecular weight excluding hydrogens is 210 g/mol. The molecule has 2 aromatic heterocycles. The van der Waals surface area contributed by atoms with Crippen LogP contribution in [0.2, 0.25) is 5.15 Å². The Hall–Kier alpha value is -1.35. The number of halogens is 1. The molecule has 0 aromatic carbocycles. The summed E-state index contributed by atoms with van der Waals surface area (Å²) in [7, 11) is 1.98. The first-order chi connectivity index (χ1) is 7.08. The van der Waals surface area contributed by atoms with Crippen molar-refractivity contribution in [3.8, 4) is 11.3 Å². The standard InChI is InChI=1S/C11H12ClN3/c1-7-9(4-5-11(12)13-7)10-6-15(3)8(2)14-10/h4-6H,1-3H3. The van der Waals surface area contributed by atoms with Crippen LogP contribution in [0.25, 0.3) is 11.3 Å². The minimum absolute atomic E-state index is 0.518. The summed E-state index contributed by atoms with van der Waals surface area (Å²) in [6, 6.07) is 3.74. The molecule has 0 saturated carbocycles. The smallest absolute Gasteiger partial charge is 0.129 e. The summed E-state index contributed by atoms with van der Waals surface area (Å²) >= 11 is 5.80. The van der Waals surface area contributed by atoms with Gasteiger partial charge in [0, 0.05) is 24.5 Å². The number of aryl methyl sites for hydroxylation is 3. The highest BCUT2D eigenvalue weighted by atomic mass is 35.5. The van der Waals surface area contributed by atoms with Gasteiger partial charge in [-0.1, -0.05) is 11.6 Å². The largest absolute Gasteiger partial charge is 0.338 e. The highest BCUT2D eigenvalue weighted by Gasteiger charge is 2.07. The van der Waals surface area contributed by atoms with Crippen molar-refractivity contribution in [1.82, 2.24) is 14.5 Å². The van der Waals surface area contributed by atoms with E-state index in [1.54, 1.807) is 6.07 Å². The molecule has 2 rings (SSSR count). The maximum Gasteiger partial charge on any atom is 0.129 e. The zero-order valence-electron chi connectivity index (χ0n) is 8.95. The van der Waals surface area contributed by atoms with E-state index in [-0.39, 0.29) is 0 Å². The molecule has 4 heteroatoms. The van der Waals surface area contributed by atoms with Crippen LogP contribution < -0.4 is 0 Å². The second-order valence-electron chi connectivity index (χ2n) is 3.55. The number of nitrogens with zero attached hydrogens (tertiary/aromatic N) is 3. The zero-order valence-corrected chi connectivity index (χ0v) is 9.71. The van der Waals surface area contributed by atoms with Crippen LogP contribution in [0.1, 0.15) is 11.5 Å². The molecule has 0 N–H and O–H groups in total. The molecule has 0 amide bonds. The second-order valence-corrected chi connectivity index (χ2v) is 3.94. The van der Waals surface area contributed by atoms with E-state index in [1.807, 2.05) is 37.7 Å². The third-order valence-electron chi connectivity index (χ3n) is 2.44. The van der Waals surface area contributed by atoms with Crippen LogP contribution in [0, 0.1) is 13.8 Å². The van der Waals surface area contributed by atoms with Gasteiger partial charge < -0.3 is 4.57 Å². The topological polar surface area (TPSA) is 30.7 Å². The second kappa shape index (κ2) is 3.66. The summed E-state index contributed by atoms with van der Waals surface area (Å²) in [5, 5.41) is 0.518. The highest BCUT2D eigenvalue weighted by molar-refractivity contribution is 6.29. The Bertz CT molecular complexity index is 483. The van der Waals surface area contributed by atoms with E-state index in [0.717, 1.165) is 22.8 Å². The lowest BCUT2D eigenvalue weighted by molar-refractivity contribution is 0.858. The van der Waals surface area contributed by atoms with Crippen molar-refractivity contribution in [3.05, 3.63) is 35.0 Å². The van der Waals surface area contributed by atoms with Crippen LogP contribution in [-0.2, 0) is 7.05 Å². The molecule has 0 aliphatic heterocycles. The predicted molar refractivity (Wildman–Crippen MR) is 60.9 cm³/mol. The van der Waals surface area contributed by atoms with Gasteiger partial charge in [0.2, 0.25) is 0 Å². The van der Waals surface area contributed by atoms with E-state index in [1.165, 1.54) is 0 Å². The van der Waals surface area contributed by atoms with Crippen LogP contribution in [0.4, 0.5) is 0 Å². The van der Waals surface area contributed by atoms with Gasteiger partial charge in [-0.15, -0.1) is 0 Å². The predicted octanol–water partition coefficient (Wildman–Crippen LogP) is 2.75. The summed E-state index contributed by atoms with van der Waals surface area (Å²) in [5.74, 6) is 0.986. The normalized spacial score (nSPS) is 10.7. The number of rotatable bonds is 1. The Balaban J connectivity index is 2.54. The van der Waals surface area contributed by atoms with Crippen LogP contribution in [0.3, 0.4) is 0 Å². The molecule has 78 valence electrons. The fourth-order valence-corrected chi connectivity index (χ4v) is 1.68. The van der Waals surface area contributed by atoms with E-state index in [4.69, 9.17) is 11.6 Å². The number of hydrogen-bond acceptors (Lipinski definition) is 2. The number of pyridine rings is 1. The first-order valence-electron chi connectivity index (χ1n) is 4.71. The van der Waals surface area contributed by atoms with Crippen LogP contribution in [0.15, 0.2) is 18.3 Å². The first-order valence-corrected chi connectivity index (χ1v) is 5.09. The lowest BCUT2D eigenvalue weighted by atomic mass is 10.1. The highest BCUT2D eigenvalue weighted by Crippen LogP contribution is 2.22. The minimum Gasteiger partial charge on any atom is -0.338 e. The number of imidazole rings is 1. The fourth-order valence-electron chi connectivity index (χ4n) is 1.49. The van der Waals surface area contributed by atoms with E-state index < -0.39 is 0 Å². The van der Waals surface area contributed by atoms with Crippen LogP contribution in [-0.4, -0.2) is 14.5 Å². The Morgan fingerprint density at radius 3 is 2.47 bits per heavy atom. The lowest BCUT2D eigenvalue weighted by Crippen LogP contribution is -1.88. The molecule has 3 nitrogen and oxygen atoms in total. The summed E-state index contributed by atoms with van der Waals surface area (Å²) in [5.41, 5.74) is 2.88. The molecule has 0 saturated heterocycles. The summed E-state index contributed by atoms with van der Waals surface area (Å²) in [4.78, 5) is 8.66. The van der Waals surface area contributed by atoms with E-state index in [0.29, 0.717) is 5.15 Å². The monoisotopic (exact) mass is 221 g/mol. The van der Waals surface area contributed by atoms with Gasteiger partial charge in [-0.05, 0) is 26.0 Å². The van der Waals surface area contributed by atoms with Gasteiger partial charge in [0.15, 0.2) is 0 Å². The molecule has 2 heterocycles. The number of aromatic nitrogens is 3. The van der Waals surface area contributed by atoms with Crippen LogP contribution in [0.5, 0.6) is 0 Å². The summed E-state index contributed by atoms with van der Waals surface area (Å²) in [6.45, 7) is 3.91. The molecule has 0 bridgehead atoms. The Kier molecular flexibility index (Phi) is 2.49. The SMILES string of the molecule is Cc1nc(Cl)ccc1-c1cn(C)c(C)n1. The molecule has 0 spiro atoms. The van der Waals surface area contributed by atoms with Gasteiger partial charge in [0.05, 0.1) is 5.69 Å². The summed E-state index contributed by atoms with van der Waals surface area (Å²) in [6.07, 6.45) is 1.99. The molecule has 0 aliphatic rings. The van der Waals surface area contributed by atoms with Gasteiger partial charge in [-0.25, -0.2) is 9.97 Å². The van der Waals surface area contributed by atoms with Crippen molar-refractivity contribution < 1.29 is 0 Å². The molecule has 0 unspecified atom stereocenters. The van der Waals surface area contributed by atoms with Gasteiger partial charge in [0.25, 0.3) is 0 Å². The van der Waals surface area contributed by atoms with E-state index in [9.17, 15) is 0 Å². The van der Waals surface area contributed by atoms with E-state index >= 15 is 0 Å². The molecule has 2 aromatic rings. The Labute approximate surface area is 93.7 Å². The molecule has 15 heavy (non-hydrogen) atoms. The average Bonchev–Trinajstić information content (AvgIpc) is 2.46. The van der Waals surface area contributed by atoms with Crippen LogP contribution >= 0.6 is 11.6 Å². The fraction of sp³-hybridized carbons (Fsp3) is 0.273. The van der Waals surface area contributed by atoms with E-state index in [2.05, 4.69) is 9.97 Å². The van der Waals surface area contributed by atoms with Crippen molar-refractivity contribution in [3.63, 3.8) is 0 Å². The third-order valence-corrected chi connectivity index (χ3v) is 2.65. The maximum absolute atomic E-state index is 5.80. The first kappa shape index (κ1) is 10.2. The van der Waals surface area contributed by atoms with Crippen molar-refractivity contribution in [2.75, 3.05) is 0 Å². The molecule has 0 atom stereocenters. The molecule has 0 fully saturated rings. The lowest BCUT2D eigenvalue weighted by Gasteiger charge is -2.01. The third kappa shape index (κ3) is 1.88. The zero-order chi connectivity index (χ0) is 11.0. The van der Waals surface area contributed by atoms with Gasteiger partial charge in [0.1, 0.15) is 11.0 Å². The quantitative estimate of drug-likeness (QED) is 0.694. The Morgan fingerprint density at radius 1 is 1.20 bits per heavy atom. The Morgan fingerprint density at radius 2 is 1.93 bits per heavy atom.